The van der Waals surface area contributed by atoms with Gasteiger partial charge in [-0.3, -0.25) is 19.6 Å². The summed E-state index contributed by atoms with van der Waals surface area (Å²) >= 11 is 0. The standard InChI is InChI=1S/C24H32N4O2/c1-25-15-21-19-7-3-5-9-23(19)29-13-14-30-24-10-6-4-8-20(24)22-16-26(2)18-28(22)12-11-27(21)17-25/h3-10,21-22H,11-18H2,1-2H3. The fourth-order valence-electron chi connectivity index (χ4n) is 5.13. The molecule has 2 aromatic carbocycles. The first-order chi connectivity index (χ1) is 14.7. The Bertz CT molecular complexity index is 804. The highest BCUT2D eigenvalue weighted by atomic mass is 16.5. The van der Waals surface area contributed by atoms with Gasteiger partial charge in [-0.1, -0.05) is 36.4 Å². The summed E-state index contributed by atoms with van der Waals surface area (Å²) in [6.07, 6.45) is 0. The van der Waals surface area contributed by atoms with E-state index in [1.807, 2.05) is 0 Å². The Morgan fingerprint density at radius 1 is 0.667 bits per heavy atom. The van der Waals surface area contributed by atoms with Crippen LogP contribution in [0, 0.1) is 0 Å². The summed E-state index contributed by atoms with van der Waals surface area (Å²) in [6, 6.07) is 17.7. The van der Waals surface area contributed by atoms with Crippen LogP contribution in [0.15, 0.2) is 48.5 Å². The second kappa shape index (κ2) is 8.55. The zero-order valence-electron chi connectivity index (χ0n) is 18.0. The fourth-order valence-corrected chi connectivity index (χ4v) is 5.13. The van der Waals surface area contributed by atoms with Gasteiger partial charge < -0.3 is 9.47 Å². The number of hydrogen-bond donors (Lipinski definition) is 0. The van der Waals surface area contributed by atoms with E-state index in [4.69, 9.17) is 9.47 Å². The van der Waals surface area contributed by atoms with E-state index in [2.05, 4.69) is 82.2 Å². The minimum Gasteiger partial charge on any atom is -0.490 e. The number of ether oxygens (including phenoxy) is 2. The molecule has 2 unspecified atom stereocenters. The monoisotopic (exact) mass is 408 g/mol. The van der Waals surface area contributed by atoms with E-state index < -0.39 is 0 Å². The van der Waals surface area contributed by atoms with Crippen LogP contribution >= 0.6 is 0 Å². The third kappa shape index (κ3) is 3.93. The molecule has 3 aliphatic heterocycles. The second-order valence-electron chi connectivity index (χ2n) is 8.79. The Labute approximate surface area is 179 Å². The van der Waals surface area contributed by atoms with Gasteiger partial charge in [0.15, 0.2) is 0 Å². The van der Waals surface area contributed by atoms with Crippen LogP contribution in [0.5, 0.6) is 11.5 Å². The molecule has 6 heteroatoms. The zero-order chi connectivity index (χ0) is 20.5. The molecule has 2 atom stereocenters. The Morgan fingerprint density at radius 3 is 1.57 bits per heavy atom. The van der Waals surface area contributed by atoms with Crippen LogP contribution in [-0.2, 0) is 0 Å². The molecule has 2 fully saturated rings. The molecule has 2 aromatic rings. The molecule has 0 amide bonds. The van der Waals surface area contributed by atoms with Crippen molar-refractivity contribution in [1.29, 1.82) is 0 Å². The molecule has 2 saturated heterocycles. The maximum atomic E-state index is 6.21. The smallest absolute Gasteiger partial charge is 0.124 e. The van der Waals surface area contributed by atoms with Crippen molar-refractivity contribution in [3.63, 3.8) is 0 Å². The molecule has 0 aliphatic carbocycles. The van der Waals surface area contributed by atoms with Crippen molar-refractivity contribution in [2.24, 2.45) is 0 Å². The van der Waals surface area contributed by atoms with E-state index >= 15 is 0 Å². The Hall–Kier alpha value is -2.12. The highest BCUT2D eigenvalue weighted by Crippen LogP contribution is 2.36. The van der Waals surface area contributed by atoms with Gasteiger partial charge in [0, 0.05) is 37.3 Å². The normalized spacial score (nSPS) is 26.6. The molecule has 3 aliphatic rings. The molecule has 0 bridgehead atoms. The third-order valence-corrected chi connectivity index (χ3v) is 6.53. The van der Waals surface area contributed by atoms with E-state index in [-0.39, 0.29) is 0 Å². The predicted octanol–water partition coefficient (Wildman–Crippen LogP) is 2.65. The largest absolute Gasteiger partial charge is 0.490 e. The summed E-state index contributed by atoms with van der Waals surface area (Å²) in [5.74, 6) is 1.96. The van der Waals surface area contributed by atoms with Crippen molar-refractivity contribution in [2.45, 2.75) is 12.1 Å². The molecule has 160 valence electrons. The summed E-state index contributed by atoms with van der Waals surface area (Å²) in [5, 5.41) is 0. The van der Waals surface area contributed by atoms with Gasteiger partial charge in [-0.05, 0) is 26.2 Å². The molecular formula is C24H32N4O2. The van der Waals surface area contributed by atoms with Gasteiger partial charge in [-0.2, -0.15) is 0 Å². The lowest BCUT2D eigenvalue weighted by atomic mass is 10.0. The first-order valence-electron chi connectivity index (χ1n) is 11.0. The average molecular weight is 409 g/mol. The van der Waals surface area contributed by atoms with Crippen molar-refractivity contribution in [3.8, 4) is 11.5 Å². The van der Waals surface area contributed by atoms with E-state index in [9.17, 15) is 0 Å². The van der Waals surface area contributed by atoms with Crippen LogP contribution < -0.4 is 9.47 Å². The van der Waals surface area contributed by atoms with Crippen molar-refractivity contribution < 1.29 is 9.47 Å². The average Bonchev–Trinajstić information content (AvgIpc) is 3.31. The quantitative estimate of drug-likeness (QED) is 0.666. The minimum absolute atomic E-state index is 0.362. The summed E-state index contributed by atoms with van der Waals surface area (Å²) in [7, 11) is 4.42. The van der Waals surface area contributed by atoms with Crippen molar-refractivity contribution in [3.05, 3.63) is 59.7 Å². The second-order valence-corrected chi connectivity index (χ2v) is 8.79. The van der Waals surface area contributed by atoms with Crippen LogP contribution in [0.1, 0.15) is 23.2 Å². The van der Waals surface area contributed by atoms with Gasteiger partial charge in [0.1, 0.15) is 24.7 Å². The highest BCUT2D eigenvalue weighted by molar-refractivity contribution is 5.38. The zero-order valence-corrected chi connectivity index (χ0v) is 18.0. The maximum absolute atomic E-state index is 6.21. The molecular weight excluding hydrogens is 376 g/mol. The van der Waals surface area contributed by atoms with Gasteiger partial charge in [0.25, 0.3) is 0 Å². The Morgan fingerprint density at radius 2 is 1.10 bits per heavy atom. The van der Waals surface area contributed by atoms with Gasteiger partial charge in [-0.15, -0.1) is 0 Å². The van der Waals surface area contributed by atoms with Crippen LogP contribution in [0.4, 0.5) is 0 Å². The SMILES string of the molecule is CN1CC2c3ccccc3OCCOc3ccccc3C3CN(C)CN3CCN2C1. The molecule has 0 radical (unpaired) electrons. The van der Waals surface area contributed by atoms with Crippen LogP contribution in [0.2, 0.25) is 0 Å². The molecule has 30 heavy (non-hydrogen) atoms. The van der Waals surface area contributed by atoms with Gasteiger partial charge in [0.05, 0.1) is 25.4 Å². The van der Waals surface area contributed by atoms with Crippen LogP contribution in [0.3, 0.4) is 0 Å². The first-order valence-corrected chi connectivity index (χ1v) is 11.0. The Kier molecular flexibility index (Phi) is 5.65. The summed E-state index contributed by atoms with van der Waals surface area (Å²) < 4.78 is 12.4. The topological polar surface area (TPSA) is 31.4 Å². The predicted molar refractivity (Wildman–Crippen MR) is 118 cm³/mol. The van der Waals surface area contributed by atoms with Crippen LogP contribution in [-0.4, -0.2) is 86.4 Å². The number of likely N-dealkylation sites (N-methyl/N-ethyl adjacent to an activating group) is 2. The molecule has 0 N–H and O–H groups in total. The third-order valence-electron chi connectivity index (χ3n) is 6.53. The van der Waals surface area contributed by atoms with Crippen molar-refractivity contribution >= 4 is 0 Å². The summed E-state index contributed by atoms with van der Waals surface area (Å²) in [5.41, 5.74) is 2.57. The number of para-hydroxylation sites is 2. The lowest BCUT2D eigenvalue weighted by molar-refractivity contribution is 0.160. The van der Waals surface area contributed by atoms with E-state index in [0.29, 0.717) is 25.3 Å². The first kappa shape index (κ1) is 19.8. The molecule has 6 nitrogen and oxygen atoms in total. The number of rotatable bonds is 0. The van der Waals surface area contributed by atoms with Crippen molar-refractivity contribution in [2.75, 3.05) is 66.8 Å². The maximum Gasteiger partial charge on any atom is 0.124 e. The summed E-state index contributed by atoms with van der Waals surface area (Å²) in [4.78, 5) is 10.0. The minimum atomic E-state index is 0.362. The van der Waals surface area contributed by atoms with E-state index in [0.717, 1.165) is 51.0 Å². The molecule has 3 heterocycles. The lowest BCUT2D eigenvalue weighted by Crippen LogP contribution is -2.36. The molecule has 0 saturated carbocycles. The number of benzene rings is 2. The number of nitrogens with zero attached hydrogens (tertiary/aromatic N) is 4. The van der Waals surface area contributed by atoms with Crippen molar-refractivity contribution in [1.82, 2.24) is 19.6 Å². The lowest BCUT2D eigenvalue weighted by Gasteiger charge is -2.30. The summed E-state index contributed by atoms with van der Waals surface area (Å²) in [6.45, 7) is 7.21. The van der Waals surface area contributed by atoms with Gasteiger partial charge in [-0.25, -0.2) is 0 Å². The van der Waals surface area contributed by atoms with E-state index in [1.165, 1.54) is 11.1 Å². The Balaban J connectivity index is 1.48. The van der Waals surface area contributed by atoms with Gasteiger partial charge >= 0.3 is 0 Å². The molecule has 0 spiro atoms. The number of fused-ring (bicyclic) bond motifs is 6. The fraction of sp³-hybridized carbons (Fsp3) is 0.500. The highest BCUT2D eigenvalue weighted by Gasteiger charge is 2.35. The van der Waals surface area contributed by atoms with Gasteiger partial charge in [0.2, 0.25) is 0 Å². The number of hydrogen-bond acceptors (Lipinski definition) is 6. The van der Waals surface area contributed by atoms with Crippen LogP contribution in [0.25, 0.3) is 0 Å². The molecule has 5 rings (SSSR count). The molecule has 0 aromatic heterocycles. The van der Waals surface area contributed by atoms with E-state index in [1.54, 1.807) is 0 Å².